The minimum atomic E-state index is -0.226. The number of hydrogen-bond donors (Lipinski definition) is 0. The van der Waals surface area contributed by atoms with E-state index in [-0.39, 0.29) is 11.5 Å². The van der Waals surface area contributed by atoms with Crippen LogP contribution in [-0.4, -0.2) is 23.3 Å². The third kappa shape index (κ3) is 2.58. The first kappa shape index (κ1) is 12.3. The molecule has 0 aromatic heterocycles. The van der Waals surface area contributed by atoms with Crippen molar-refractivity contribution in [1.82, 2.24) is 4.90 Å². The predicted molar refractivity (Wildman–Crippen MR) is 69.8 cm³/mol. The van der Waals surface area contributed by atoms with E-state index in [1.807, 2.05) is 26.8 Å². The van der Waals surface area contributed by atoms with Crippen LogP contribution >= 0.6 is 0 Å². The molecule has 1 heterocycles. The van der Waals surface area contributed by atoms with Gasteiger partial charge < -0.3 is 0 Å². The Morgan fingerprint density at radius 3 is 2.41 bits per heavy atom. The summed E-state index contributed by atoms with van der Waals surface area (Å²) in [7, 11) is 0. The van der Waals surface area contributed by atoms with E-state index >= 15 is 0 Å². The SMILES string of the molecule is C[C@@H](c1ccccc1)N1C[C@H]1C(=O)C(C)(C)C. The van der Waals surface area contributed by atoms with E-state index in [9.17, 15) is 4.79 Å². The predicted octanol–water partition coefficient (Wildman–Crippen LogP) is 3.05. The number of nitrogens with zero attached hydrogens (tertiary/aromatic N) is 1. The lowest BCUT2D eigenvalue weighted by atomic mass is 9.89. The van der Waals surface area contributed by atoms with Crippen LogP contribution in [0.1, 0.15) is 39.3 Å². The fourth-order valence-electron chi connectivity index (χ4n) is 2.24. The molecule has 0 spiro atoms. The molecule has 92 valence electrons. The number of Topliss-reactive ketones (excluding diaryl/α,β-unsaturated/α-hetero) is 1. The lowest BCUT2D eigenvalue weighted by Crippen LogP contribution is -2.28. The third-order valence-corrected chi connectivity index (χ3v) is 3.47. The second-order valence-corrected chi connectivity index (χ2v) is 5.91. The standard InChI is InChI=1S/C15H21NO/c1-11(12-8-6-5-7-9-12)16-10-13(16)14(17)15(2,3)4/h5-9,11,13H,10H2,1-4H3/t11-,13-,16?/m0/s1. The van der Waals surface area contributed by atoms with Gasteiger partial charge in [0.15, 0.2) is 5.78 Å². The largest absolute Gasteiger partial charge is 0.297 e. The number of carbonyl (C=O) groups excluding carboxylic acids is 1. The van der Waals surface area contributed by atoms with Gasteiger partial charge in [-0.1, -0.05) is 51.1 Å². The number of ketones is 1. The van der Waals surface area contributed by atoms with Gasteiger partial charge in [0.05, 0.1) is 6.04 Å². The summed E-state index contributed by atoms with van der Waals surface area (Å²) >= 11 is 0. The number of carbonyl (C=O) groups is 1. The summed E-state index contributed by atoms with van der Waals surface area (Å²) in [6.45, 7) is 9.08. The van der Waals surface area contributed by atoms with E-state index in [4.69, 9.17) is 0 Å². The molecule has 3 atom stereocenters. The molecule has 17 heavy (non-hydrogen) atoms. The monoisotopic (exact) mass is 231 g/mol. The average Bonchev–Trinajstić information content (AvgIpc) is 3.07. The summed E-state index contributed by atoms with van der Waals surface area (Å²) in [6.07, 6.45) is 0. The second kappa shape index (κ2) is 4.26. The van der Waals surface area contributed by atoms with Gasteiger partial charge in [-0.2, -0.15) is 0 Å². The molecule has 1 fully saturated rings. The molecule has 0 aliphatic carbocycles. The van der Waals surface area contributed by atoms with Crippen molar-refractivity contribution < 1.29 is 4.79 Å². The van der Waals surface area contributed by atoms with Crippen molar-refractivity contribution in [3.05, 3.63) is 35.9 Å². The molecule has 2 nitrogen and oxygen atoms in total. The molecule has 0 bridgehead atoms. The highest BCUT2D eigenvalue weighted by molar-refractivity contribution is 5.91. The van der Waals surface area contributed by atoms with Gasteiger partial charge in [0.25, 0.3) is 0 Å². The Bertz CT molecular complexity index is 405. The second-order valence-electron chi connectivity index (χ2n) is 5.91. The highest BCUT2D eigenvalue weighted by Crippen LogP contribution is 2.35. The molecule has 1 aromatic carbocycles. The van der Waals surface area contributed by atoms with Crippen LogP contribution in [-0.2, 0) is 4.79 Å². The highest BCUT2D eigenvalue weighted by Gasteiger charge is 2.46. The molecule has 0 saturated carbocycles. The topological polar surface area (TPSA) is 20.1 Å². The summed E-state index contributed by atoms with van der Waals surface area (Å²) in [5.41, 5.74) is 1.06. The lowest BCUT2D eigenvalue weighted by molar-refractivity contribution is -0.126. The Hall–Kier alpha value is -1.15. The van der Waals surface area contributed by atoms with E-state index in [1.54, 1.807) is 0 Å². The van der Waals surface area contributed by atoms with Gasteiger partial charge in [0.1, 0.15) is 0 Å². The first-order valence-electron chi connectivity index (χ1n) is 6.26. The molecule has 1 aromatic rings. The Morgan fingerprint density at radius 2 is 1.88 bits per heavy atom. The summed E-state index contributed by atoms with van der Waals surface area (Å²) < 4.78 is 0. The molecular weight excluding hydrogens is 210 g/mol. The van der Waals surface area contributed by atoms with Crippen molar-refractivity contribution in [1.29, 1.82) is 0 Å². The highest BCUT2D eigenvalue weighted by atomic mass is 16.1. The van der Waals surface area contributed by atoms with Crippen LogP contribution in [0.3, 0.4) is 0 Å². The quantitative estimate of drug-likeness (QED) is 0.745. The van der Waals surface area contributed by atoms with Crippen molar-refractivity contribution in [2.45, 2.75) is 39.8 Å². The molecule has 1 unspecified atom stereocenters. The van der Waals surface area contributed by atoms with Crippen molar-refractivity contribution in [2.24, 2.45) is 5.41 Å². The van der Waals surface area contributed by atoms with Gasteiger partial charge in [-0.15, -0.1) is 0 Å². The molecule has 1 aliphatic rings. The zero-order chi connectivity index (χ0) is 12.6. The average molecular weight is 231 g/mol. The van der Waals surface area contributed by atoms with Crippen LogP contribution in [0.25, 0.3) is 0 Å². The smallest absolute Gasteiger partial charge is 0.156 e. The number of hydrogen-bond acceptors (Lipinski definition) is 2. The van der Waals surface area contributed by atoms with Crippen LogP contribution in [0.4, 0.5) is 0 Å². The van der Waals surface area contributed by atoms with Crippen LogP contribution in [0.5, 0.6) is 0 Å². The maximum absolute atomic E-state index is 12.1. The van der Waals surface area contributed by atoms with Crippen molar-refractivity contribution in [3.8, 4) is 0 Å². The normalized spacial score (nSPS) is 25.4. The maximum Gasteiger partial charge on any atom is 0.156 e. The molecule has 0 N–H and O–H groups in total. The van der Waals surface area contributed by atoms with Gasteiger partial charge >= 0.3 is 0 Å². The molecular formula is C15H21NO. The molecule has 1 saturated heterocycles. The molecule has 0 radical (unpaired) electrons. The lowest BCUT2D eigenvalue weighted by Gasteiger charge is -2.19. The maximum atomic E-state index is 12.1. The molecule has 1 aliphatic heterocycles. The summed E-state index contributed by atoms with van der Waals surface area (Å²) in [6, 6.07) is 10.9. The zero-order valence-corrected chi connectivity index (χ0v) is 11.1. The fraction of sp³-hybridized carbons (Fsp3) is 0.533. The van der Waals surface area contributed by atoms with E-state index in [0.29, 0.717) is 11.8 Å². The first-order valence-corrected chi connectivity index (χ1v) is 6.26. The van der Waals surface area contributed by atoms with E-state index < -0.39 is 0 Å². The Kier molecular flexibility index (Phi) is 3.09. The van der Waals surface area contributed by atoms with Crippen LogP contribution < -0.4 is 0 Å². The Labute approximate surface area is 104 Å². The molecule has 2 heteroatoms. The zero-order valence-electron chi connectivity index (χ0n) is 11.1. The summed E-state index contributed by atoms with van der Waals surface area (Å²) in [5.74, 6) is 0.361. The minimum absolute atomic E-state index is 0.130. The van der Waals surface area contributed by atoms with Crippen molar-refractivity contribution in [3.63, 3.8) is 0 Å². The minimum Gasteiger partial charge on any atom is -0.297 e. The number of rotatable bonds is 3. The number of benzene rings is 1. The Morgan fingerprint density at radius 1 is 1.29 bits per heavy atom. The first-order chi connectivity index (χ1) is 7.91. The molecule has 0 amide bonds. The van der Waals surface area contributed by atoms with Crippen molar-refractivity contribution in [2.75, 3.05) is 6.54 Å². The molecule has 2 rings (SSSR count). The van der Waals surface area contributed by atoms with E-state index in [0.717, 1.165) is 6.54 Å². The van der Waals surface area contributed by atoms with Crippen LogP contribution in [0.15, 0.2) is 30.3 Å². The fourth-order valence-corrected chi connectivity index (χ4v) is 2.24. The van der Waals surface area contributed by atoms with Gasteiger partial charge in [0, 0.05) is 18.0 Å². The van der Waals surface area contributed by atoms with E-state index in [1.165, 1.54) is 5.56 Å². The van der Waals surface area contributed by atoms with Gasteiger partial charge in [-0.25, -0.2) is 0 Å². The van der Waals surface area contributed by atoms with Crippen LogP contribution in [0, 0.1) is 5.41 Å². The summed E-state index contributed by atoms with van der Waals surface area (Å²) in [5, 5.41) is 0. The van der Waals surface area contributed by atoms with Gasteiger partial charge in [0.2, 0.25) is 0 Å². The Balaban J connectivity index is 2.02. The van der Waals surface area contributed by atoms with Gasteiger partial charge in [-0.05, 0) is 12.5 Å². The summed E-state index contributed by atoms with van der Waals surface area (Å²) in [4.78, 5) is 14.4. The van der Waals surface area contributed by atoms with Crippen molar-refractivity contribution >= 4 is 5.78 Å². The van der Waals surface area contributed by atoms with Gasteiger partial charge in [-0.3, -0.25) is 9.69 Å². The third-order valence-electron chi connectivity index (χ3n) is 3.47. The van der Waals surface area contributed by atoms with Crippen LogP contribution in [0.2, 0.25) is 0 Å². The van der Waals surface area contributed by atoms with E-state index in [2.05, 4.69) is 36.1 Å².